The number of benzene rings is 2. The molecule has 2 aliphatic rings. The summed E-state index contributed by atoms with van der Waals surface area (Å²) >= 11 is 0. The first-order valence-corrected chi connectivity index (χ1v) is 12.6. The Morgan fingerprint density at radius 2 is 1.46 bits per heavy atom. The molecule has 0 atom stereocenters. The molecule has 3 amide bonds. The Morgan fingerprint density at radius 3 is 2.16 bits per heavy atom. The maximum atomic E-state index is 14.1. The van der Waals surface area contributed by atoms with Gasteiger partial charge in [-0.15, -0.1) is 0 Å². The maximum absolute atomic E-state index is 14.1. The molecule has 8 nitrogen and oxygen atoms in total. The molecule has 0 unspecified atom stereocenters. The molecule has 3 aromatic rings. The Hall–Kier alpha value is -4.14. The van der Waals surface area contributed by atoms with Crippen LogP contribution in [0.3, 0.4) is 0 Å². The van der Waals surface area contributed by atoms with Gasteiger partial charge in [0, 0.05) is 50.6 Å². The largest absolute Gasteiger partial charge is 0.459 e. The summed E-state index contributed by atoms with van der Waals surface area (Å²) in [5.74, 6) is -1.15. The van der Waals surface area contributed by atoms with E-state index in [1.54, 1.807) is 41.3 Å². The van der Waals surface area contributed by atoms with Crippen LogP contribution in [0.15, 0.2) is 65.3 Å². The van der Waals surface area contributed by atoms with Gasteiger partial charge in [-0.25, -0.2) is 4.39 Å². The van der Waals surface area contributed by atoms with Crippen molar-refractivity contribution in [3.05, 3.63) is 83.6 Å². The van der Waals surface area contributed by atoms with Crippen molar-refractivity contribution in [3.8, 4) is 0 Å². The maximum Gasteiger partial charge on any atom is 0.291 e. The van der Waals surface area contributed by atoms with Crippen LogP contribution >= 0.6 is 0 Å². The summed E-state index contributed by atoms with van der Waals surface area (Å²) in [6.45, 7) is 3.21. The number of hydrogen-bond donors (Lipinski definition) is 1. The highest BCUT2D eigenvalue weighted by Gasteiger charge is 2.28. The molecular formula is C28H29FN4O4. The number of piperidine rings is 1. The van der Waals surface area contributed by atoms with Crippen LogP contribution in [0.4, 0.5) is 15.8 Å². The molecule has 0 aliphatic carbocycles. The minimum atomic E-state index is -0.531. The van der Waals surface area contributed by atoms with E-state index in [0.717, 1.165) is 24.9 Å². The van der Waals surface area contributed by atoms with Gasteiger partial charge in [-0.2, -0.15) is 0 Å². The first kappa shape index (κ1) is 24.5. The summed E-state index contributed by atoms with van der Waals surface area (Å²) in [6.07, 6.45) is 4.47. The topological polar surface area (TPSA) is 86.1 Å². The number of furan rings is 1. The van der Waals surface area contributed by atoms with E-state index >= 15 is 0 Å². The van der Waals surface area contributed by atoms with Crippen LogP contribution < -0.4 is 10.2 Å². The number of hydrogen-bond acceptors (Lipinski definition) is 5. The average Bonchev–Trinajstić information content (AvgIpc) is 3.49. The minimum Gasteiger partial charge on any atom is -0.459 e. The van der Waals surface area contributed by atoms with E-state index in [-0.39, 0.29) is 23.1 Å². The summed E-state index contributed by atoms with van der Waals surface area (Å²) in [4.78, 5) is 44.5. The van der Waals surface area contributed by atoms with E-state index in [4.69, 9.17) is 4.42 Å². The summed E-state index contributed by atoms with van der Waals surface area (Å²) in [6, 6.07) is 14.5. The molecule has 1 N–H and O–H groups in total. The number of carbonyl (C=O) groups excluding carboxylic acids is 3. The summed E-state index contributed by atoms with van der Waals surface area (Å²) in [5.41, 5.74) is 1.82. The van der Waals surface area contributed by atoms with Gasteiger partial charge in [-0.1, -0.05) is 12.1 Å². The monoisotopic (exact) mass is 504 g/mol. The number of carbonyl (C=O) groups is 3. The quantitative estimate of drug-likeness (QED) is 0.561. The van der Waals surface area contributed by atoms with Crippen molar-refractivity contribution in [1.82, 2.24) is 9.80 Å². The van der Waals surface area contributed by atoms with Gasteiger partial charge in [0.25, 0.3) is 17.7 Å². The number of amides is 3. The molecule has 0 radical (unpaired) electrons. The summed E-state index contributed by atoms with van der Waals surface area (Å²) < 4.78 is 19.3. The Bertz CT molecular complexity index is 1280. The van der Waals surface area contributed by atoms with E-state index in [9.17, 15) is 18.8 Å². The van der Waals surface area contributed by atoms with Crippen LogP contribution in [0, 0.1) is 5.82 Å². The molecule has 2 aromatic carbocycles. The third kappa shape index (κ3) is 5.35. The number of halogens is 1. The van der Waals surface area contributed by atoms with Crippen molar-refractivity contribution in [1.29, 1.82) is 0 Å². The molecule has 2 saturated heterocycles. The highest BCUT2D eigenvalue weighted by molar-refractivity contribution is 6.05. The second kappa shape index (κ2) is 10.9. The number of nitrogens with one attached hydrogen (secondary N) is 1. The lowest BCUT2D eigenvalue weighted by molar-refractivity contribution is 0.0717. The van der Waals surface area contributed by atoms with Crippen molar-refractivity contribution in [2.75, 3.05) is 49.5 Å². The van der Waals surface area contributed by atoms with Gasteiger partial charge in [0.05, 0.1) is 17.4 Å². The fraction of sp³-hybridized carbons (Fsp3) is 0.321. The van der Waals surface area contributed by atoms with Crippen LogP contribution in [0.1, 0.15) is 50.5 Å². The number of anilines is 2. The predicted molar refractivity (Wildman–Crippen MR) is 137 cm³/mol. The summed E-state index contributed by atoms with van der Waals surface area (Å²) in [5, 5.41) is 2.81. The van der Waals surface area contributed by atoms with Crippen molar-refractivity contribution in [3.63, 3.8) is 0 Å². The average molecular weight is 505 g/mol. The molecule has 0 spiro atoms. The van der Waals surface area contributed by atoms with Gasteiger partial charge in [0.2, 0.25) is 0 Å². The van der Waals surface area contributed by atoms with Gasteiger partial charge in [-0.3, -0.25) is 14.4 Å². The van der Waals surface area contributed by atoms with Crippen LogP contribution in [-0.4, -0.2) is 66.8 Å². The van der Waals surface area contributed by atoms with Crippen LogP contribution in [0.25, 0.3) is 0 Å². The molecule has 0 saturated carbocycles. The lowest BCUT2D eigenvalue weighted by Gasteiger charge is -2.37. The highest BCUT2D eigenvalue weighted by Crippen LogP contribution is 2.29. The Balaban J connectivity index is 1.36. The number of likely N-dealkylation sites (tertiary alicyclic amines) is 1. The SMILES string of the molecule is O=C(Nc1ccc(N2CCN(C(=O)c3ccccc3F)CC2)c(C(=O)N2CCCCC2)c1)c1ccco1. The molecule has 0 bridgehead atoms. The Kier molecular flexibility index (Phi) is 7.20. The van der Waals surface area contributed by atoms with E-state index in [1.807, 2.05) is 11.0 Å². The Morgan fingerprint density at radius 1 is 0.757 bits per heavy atom. The zero-order valence-electron chi connectivity index (χ0n) is 20.5. The smallest absolute Gasteiger partial charge is 0.291 e. The van der Waals surface area contributed by atoms with Gasteiger partial charge in [0.1, 0.15) is 5.82 Å². The number of piperazine rings is 1. The zero-order chi connectivity index (χ0) is 25.8. The third-order valence-corrected chi connectivity index (χ3v) is 6.88. The number of rotatable bonds is 5. The third-order valence-electron chi connectivity index (χ3n) is 6.88. The van der Waals surface area contributed by atoms with Crippen LogP contribution in [-0.2, 0) is 0 Å². The van der Waals surface area contributed by atoms with Crippen molar-refractivity contribution < 1.29 is 23.2 Å². The zero-order valence-corrected chi connectivity index (χ0v) is 20.5. The van der Waals surface area contributed by atoms with Crippen LogP contribution in [0.5, 0.6) is 0 Å². The van der Waals surface area contributed by atoms with Crippen molar-refractivity contribution in [2.24, 2.45) is 0 Å². The van der Waals surface area contributed by atoms with Crippen molar-refractivity contribution in [2.45, 2.75) is 19.3 Å². The van der Waals surface area contributed by atoms with E-state index < -0.39 is 11.7 Å². The molecule has 2 fully saturated rings. The highest BCUT2D eigenvalue weighted by atomic mass is 19.1. The first-order chi connectivity index (χ1) is 18.0. The molecule has 5 rings (SSSR count). The molecule has 2 aliphatic heterocycles. The second-order valence-electron chi connectivity index (χ2n) is 9.28. The molecular weight excluding hydrogens is 475 g/mol. The normalized spacial score (nSPS) is 16.0. The molecule has 1 aromatic heterocycles. The Labute approximate surface area is 214 Å². The van der Waals surface area contributed by atoms with Gasteiger partial charge < -0.3 is 24.4 Å². The van der Waals surface area contributed by atoms with E-state index in [2.05, 4.69) is 10.2 Å². The first-order valence-electron chi connectivity index (χ1n) is 12.6. The van der Waals surface area contributed by atoms with E-state index in [0.29, 0.717) is 50.5 Å². The van der Waals surface area contributed by atoms with Crippen LogP contribution in [0.2, 0.25) is 0 Å². The van der Waals surface area contributed by atoms with Gasteiger partial charge in [-0.05, 0) is 61.7 Å². The lowest BCUT2D eigenvalue weighted by Crippen LogP contribution is -2.49. The molecule has 192 valence electrons. The minimum absolute atomic E-state index is 0.0635. The fourth-order valence-electron chi connectivity index (χ4n) is 4.88. The second-order valence-corrected chi connectivity index (χ2v) is 9.28. The number of nitrogens with zero attached hydrogens (tertiary/aromatic N) is 3. The van der Waals surface area contributed by atoms with Crippen molar-refractivity contribution >= 4 is 29.1 Å². The lowest BCUT2D eigenvalue weighted by atomic mass is 10.1. The summed E-state index contributed by atoms with van der Waals surface area (Å²) in [7, 11) is 0. The molecule has 9 heteroatoms. The fourth-order valence-corrected chi connectivity index (χ4v) is 4.88. The molecule has 3 heterocycles. The van der Waals surface area contributed by atoms with E-state index in [1.165, 1.54) is 18.4 Å². The molecule has 37 heavy (non-hydrogen) atoms. The standard InChI is InChI=1S/C28H29FN4O4/c29-23-8-3-2-7-21(23)27(35)33-16-14-31(15-17-33)24-11-10-20(30-26(34)25-9-6-18-37-25)19-22(24)28(36)32-12-4-1-5-13-32/h2-3,6-11,18-19H,1,4-5,12-17H2,(H,30,34). The predicted octanol–water partition coefficient (Wildman–Crippen LogP) is 4.26. The van der Waals surface area contributed by atoms with Gasteiger partial charge >= 0.3 is 0 Å². The van der Waals surface area contributed by atoms with Gasteiger partial charge in [0.15, 0.2) is 5.76 Å².